The second kappa shape index (κ2) is 8.46. The molecule has 1 rings (SSSR count). The maximum atomic E-state index is 9.83. The van der Waals surface area contributed by atoms with Crippen LogP contribution in [0.3, 0.4) is 0 Å². The van der Waals surface area contributed by atoms with Crippen molar-refractivity contribution in [1.82, 2.24) is 5.32 Å². The van der Waals surface area contributed by atoms with Crippen molar-refractivity contribution in [2.45, 2.75) is 57.9 Å². The van der Waals surface area contributed by atoms with Crippen molar-refractivity contribution < 1.29 is 0 Å². The van der Waals surface area contributed by atoms with Crippen molar-refractivity contribution in [2.75, 3.05) is 5.75 Å². The first-order chi connectivity index (χ1) is 9.91. The third-order valence-corrected chi connectivity index (χ3v) is 5.30. The summed E-state index contributed by atoms with van der Waals surface area (Å²) in [6.07, 6.45) is 0.827. The molecule has 0 spiro atoms. The van der Waals surface area contributed by atoms with Gasteiger partial charge in [0, 0.05) is 11.3 Å². The summed E-state index contributed by atoms with van der Waals surface area (Å²) in [5, 5.41) is 13.9. The van der Waals surface area contributed by atoms with Gasteiger partial charge < -0.3 is 0 Å². The van der Waals surface area contributed by atoms with Gasteiger partial charge in [0.25, 0.3) is 0 Å². The molecule has 1 aromatic rings. The third kappa shape index (κ3) is 5.37. The lowest BCUT2D eigenvalue weighted by Crippen LogP contribution is -2.45. The fraction of sp³-hybridized carbons (Fsp3) is 0.611. The van der Waals surface area contributed by atoms with E-state index in [1.54, 1.807) is 0 Å². The predicted octanol–water partition coefficient (Wildman–Crippen LogP) is 4.57. The van der Waals surface area contributed by atoms with Gasteiger partial charge in [-0.15, -0.1) is 0 Å². The Hall–Kier alpha value is -0.980. The Morgan fingerprint density at radius 3 is 2.24 bits per heavy atom. The van der Waals surface area contributed by atoms with Gasteiger partial charge in [-0.3, -0.25) is 5.32 Å². The lowest BCUT2D eigenvalue weighted by Gasteiger charge is -2.31. The van der Waals surface area contributed by atoms with Crippen molar-refractivity contribution in [1.29, 1.82) is 5.26 Å². The zero-order chi connectivity index (χ0) is 15.9. The molecule has 2 nitrogen and oxygen atoms in total. The van der Waals surface area contributed by atoms with E-state index in [-0.39, 0.29) is 6.04 Å². The molecule has 0 bridgehead atoms. The number of rotatable bonds is 8. The highest BCUT2D eigenvalue weighted by Gasteiger charge is 2.32. The molecule has 2 unspecified atom stereocenters. The molecule has 0 amide bonds. The molecule has 0 radical (unpaired) electrons. The highest BCUT2D eigenvalue weighted by molar-refractivity contribution is 7.99. The molecule has 0 fully saturated rings. The normalized spacial score (nSPS) is 15.7. The molecule has 0 heterocycles. The summed E-state index contributed by atoms with van der Waals surface area (Å²) in [6.45, 7) is 11.0. The SMILES string of the molecule is CC(C)NC(C#N)(CCSC(C)C(C)C)c1ccccc1. The summed E-state index contributed by atoms with van der Waals surface area (Å²) in [6, 6.07) is 12.9. The van der Waals surface area contributed by atoms with Gasteiger partial charge in [0.15, 0.2) is 0 Å². The van der Waals surface area contributed by atoms with E-state index in [9.17, 15) is 5.26 Å². The first kappa shape index (κ1) is 18.1. The molecule has 116 valence electrons. The minimum atomic E-state index is -0.584. The molecular weight excluding hydrogens is 276 g/mol. The predicted molar refractivity (Wildman–Crippen MR) is 93.4 cm³/mol. The first-order valence-electron chi connectivity index (χ1n) is 7.77. The van der Waals surface area contributed by atoms with Crippen LogP contribution in [-0.4, -0.2) is 17.0 Å². The van der Waals surface area contributed by atoms with Gasteiger partial charge in [-0.1, -0.05) is 51.1 Å². The Bertz CT molecular complexity index is 450. The third-order valence-electron chi connectivity index (χ3n) is 3.79. The Balaban J connectivity index is 2.85. The molecule has 1 N–H and O–H groups in total. The van der Waals surface area contributed by atoms with Gasteiger partial charge in [0.2, 0.25) is 0 Å². The van der Waals surface area contributed by atoms with E-state index in [0.717, 1.165) is 17.7 Å². The van der Waals surface area contributed by atoms with Crippen LogP contribution >= 0.6 is 11.8 Å². The minimum absolute atomic E-state index is 0.275. The summed E-state index contributed by atoms with van der Waals surface area (Å²) in [5.74, 6) is 1.66. The zero-order valence-electron chi connectivity index (χ0n) is 13.9. The molecule has 0 aliphatic carbocycles. The van der Waals surface area contributed by atoms with Crippen molar-refractivity contribution in [2.24, 2.45) is 5.92 Å². The van der Waals surface area contributed by atoms with Crippen LogP contribution in [0, 0.1) is 17.2 Å². The van der Waals surface area contributed by atoms with E-state index in [2.05, 4.69) is 58.1 Å². The van der Waals surface area contributed by atoms with Crippen LogP contribution in [0.5, 0.6) is 0 Å². The monoisotopic (exact) mass is 304 g/mol. The van der Waals surface area contributed by atoms with E-state index in [1.807, 2.05) is 30.0 Å². The van der Waals surface area contributed by atoms with Crippen LogP contribution < -0.4 is 5.32 Å². The molecule has 0 saturated carbocycles. The van der Waals surface area contributed by atoms with E-state index in [4.69, 9.17) is 0 Å². The van der Waals surface area contributed by atoms with Crippen molar-refractivity contribution in [3.8, 4) is 6.07 Å². The maximum Gasteiger partial charge on any atom is 0.133 e. The Labute approximate surface area is 134 Å². The fourth-order valence-electron chi connectivity index (χ4n) is 2.26. The Morgan fingerprint density at radius 1 is 1.14 bits per heavy atom. The molecular formula is C18H28N2S. The summed E-state index contributed by atoms with van der Waals surface area (Å²) >= 11 is 1.96. The van der Waals surface area contributed by atoms with E-state index >= 15 is 0 Å². The molecule has 0 aromatic heterocycles. The van der Waals surface area contributed by atoms with Crippen molar-refractivity contribution >= 4 is 11.8 Å². The average molecular weight is 305 g/mol. The van der Waals surface area contributed by atoms with Crippen molar-refractivity contribution in [3.63, 3.8) is 0 Å². The van der Waals surface area contributed by atoms with Crippen LogP contribution in [-0.2, 0) is 5.54 Å². The topological polar surface area (TPSA) is 35.8 Å². The van der Waals surface area contributed by atoms with Crippen LogP contribution in [0.4, 0.5) is 0 Å². The van der Waals surface area contributed by atoms with Crippen molar-refractivity contribution in [3.05, 3.63) is 35.9 Å². The smallest absolute Gasteiger partial charge is 0.133 e. The summed E-state index contributed by atoms with van der Waals surface area (Å²) in [4.78, 5) is 0. The molecule has 21 heavy (non-hydrogen) atoms. The van der Waals surface area contributed by atoms with Gasteiger partial charge in [-0.25, -0.2) is 0 Å². The Kier molecular flexibility index (Phi) is 7.28. The van der Waals surface area contributed by atoms with Gasteiger partial charge in [-0.2, -0.15) is 17.0 Å². The number of nitriles is 1. The second-order valence-electron chi connectivity index (χ2n) is 6.25. The number of thioether (sulfide) groups is 1. The first-order valence-corrected chi connectivity index (χ1v) is 8.82. The van der Waals surface area contributed by atoms with Gasteiger partial charge >= 0.3 is 0 Å². The van der Waals surface area contributed by atoms with Gasteiger partial charge in [0.05, 0.1) is 6.07 Å². The number of nitrogens with one attached hydrogen (secondary N) is 1. The van der Waals surface area contributed by atoms with Crippen LogP contribution in [0.25, 0.3) is 0 Å². The van der Waals surface area contributed by atoms with E-state index in [1.165, 1.54) is 0 Å². The molecule has 1 aromatic carbocycles. The van der Waals surface area contributed by atoms with Crippen LogP contribution in [0.15, 0.2) is 30.3 Å². The number of hydrogen-bond acceptors (Lipinski definition) is 3. The van der Waals surface area contributed by atoms with Crippen LogP contribution in [0.1, 0.15) is 46.6 Å². The highest BCUT2D eigenvalue weighted by atomic mass is 32.2. The minimum Gasteiger partial charge on any atom is -0.293 e. The standard InChI is InChI=1S/C18H28N2S/c1-14(2)16(5)21-12-11-18(13-19,20-15(3)4)17-9-7-6-8-10-17/h6-10,14-16,20H,11-12H2,1-5H3. The quantitative estimate of drug-likeness (QED) is 0.764. The van der Waals surface area contributed by atoms with E-state index < -0.39 is 5.54 Å². The molecule has 2 atom stereocenters. The lowest BCUT2D eigenvalue weighted by molar-refractivity contribution is 0.378. The largest absolute Gasteiger partial charge is 0.293 e. The second-order valence-corrected chi connectivity index (χ2v) is 7.74. The lowest BCUT2D eigenvalue weighted by atomic mass is 9.88. The summed E-state index contributed by atoms with van der Waals surface area (Å²) in [7, 11) is 0. The van der Waals surface area contributed by atoms with Gasteiger partial charge in [-0.05, 0) is 37.5 Å². The number of hydrogen-bond donors (Lipinski definition) is 1. The average Bonchev–Trinajstić information content (AvgIpc) is 2.46. The van der Waals surface area contributed by atoms with E-state index in [0.29, 0.717) is 11.2 Å². The maximum absolute atomic E-state index is 9.83. The molecule has 0 saturated heterocycles. The summed E-state index contributed by atoms with van der Waals surface area (Å²) < 4.78 is 0. The summed E-state index contributed by atoms with van der Waals surface area (Å²) in [5.41, 5.74) is 0.484. The molecule has 0 aliphatic rings. The number of benzene rings is 1. The number of nitrogens with zero attached hydrogens (tertiary/aromatic N) is 1. The highest BCUT2D eigenvalue weighted by Crippen LogP contribution is 2.29. The van der Waals surface area contributed by atoms with Crippen LogP contribution in [0.2, 0.25) is 0 Å². The fourth-order valence-corrected chi connectivity index (χ4v) is 3.44. The zero-order valence-corrected chi connectivity index (χ0v) is 14.7. The Morgan fingerprint density at radius 2 is 1.76 bits per heavy atom. The molecule has 0 aliphatic heterocycles. The van der Waals surface area contributed by atoms with Gasteiger partial charge in [0.1, 0.15) is 5.54 Å². The molecule has 3 heteroatoms.